The summed E-state index contributed by atoms with van der Waals surface area (Å²) in [4.78, 5) is 45.3. The van der Waals surface area contributed by atoms with Crippen LogP contribution in [0, 0.1) is 0 Å². The molecule has 18 heteroatoms. The minimum Gasteiger partial charge on any atom is -0.387 e. The third-order valence-corrected chi connectivity index (χ3v) is 8.81. The second-order valence-electron chi connectivity index (χ2n) is 8.91. The van der Waals surface area contributed by atoms with Gasteiger partial charge in [-0.15, -0.1) is 0 Å². The molecule has 0 aliphatic carbocycles. The van der Waals surface area contributed by atoms with Crippen molar-refractivity contribution >= 4 is 48.6 Å². The first-order valence-corrected chi connectivity index (χ1v) is 14.2. The van der Waals surface area contributed by atoms with Gasteiger partial charge < -0.3 is 35.8 Å². The zero-order valence-electron chi connectivity index (χ0n) is 19.7. The molecule has 3 aliphatic heterocycles. The summed E-state index contributed by atoms with van der Waals surface area (Å²) in [5, 5.41) is 26.7. The number of ether oxygens (including phenoxy) is 1. The fourth-order valence-electron chi connectivity index (χ4n) is 4.57. The molecule has 0 saturated carbocycles. The molecule has 8 atom stereocenters. The highest BCUT2D eigenvalue weighted by molar-refractivity contribution is 8.00. The molecule has 206 valence electrons. The largest absolute Gasteiger partial charge is 0.529 e. The Kier molecular flexibility index (Phi) is 7.59. The van der Waals surface area contributed by atoms with Crippen LogP contribution in [0.15, 0.2) is 24.8 Å². The normalized spacial score (nSPS) is 32.3. The predicted octanol–water partition coefficient (Wildman–Crippen LogP) is -0.810. The summed E-state index contributed by atoms with van der Waals surface area (Å²) in [7, 11) is -4.85. The third-order valence-electron chi connectivity index (χ3n) is 6.42. The number of hydrogen-bond acceptors (Lipinski definition) is 13. The van der Waals surface area contributed by atoms with E-state index < -0.39 is 44.9 Å². The van der Waals surface area contributed by atoms with E-state index in [1.54, 1.807) is 11.8 Å². The van der Waals surface area contributed by atoms with Crippen molar-refractivity contribution in [2.24, 2.45) is 0 Å². The number of allylic oxidation sites excluding steroid dienone is 1. The Morgan fingerprint density at radius 2 is 2.13 bits per heavy atom. The van der Waals surface area contributed by atoms with Crippen LogP contribution in [0.4, 0.5) is 10.6 Å². The van der Waals surface area contributed by atoms with E-state index in [9.17, 15) is 29.3 Å². The van der Waals surface area contributed by atoms with Crippen molar-refractivity contribution in [2.45, 2.75) is 54.7 Å². The van der Waals surface area contributed by atoms with Gasteiger partial charge in [-0.25, -0.2) is 29.1 Å². The number of thioether (sulfide) groups is 1. The van der Waals surface area contributed by atoms with E-state index in [0.29, 0.717) is 12.8 Å². The van der Waals surface area contributed by atoms with Gasteiger partial charge in [-0.2, -0.15) is 11.8 Å². The van der Waals surface area contributed by atoms with Crippen LogP contribution in [0.1, 0.15) is 19.1 Å². The second-order valence-corrected chi connectivity index (χ2v) is 11.6. The molecule has 38 heavy (non-hydrogen) atoms. The average molecular weight is 572 g/mol. The average Bonchev–Trinajstić information content (AvgIpc) is 3.61. The number of hydrogen-bond donors (Lipinski definition) is 6. The predicted molar refractivity (Wildman–Crippen MR) is 131 cm³/mol. The number of phosphoric acid groups is 1. The Hall–Kier alpha value is -2.79. The van der Waals surface area contributed by atoms with Crippen molar-refractivity contribution in [1.82, 2.24) is 30.2 Å². The maximum absolute atomic E-state index is 12.2. The number of urea groups is 1. The standard InChI is InChI=1S/C20H26N7O9PS/c21-17-14-18(23-7-22-17)27(8-24-14)19-16(30)15(29)10(35-19)5-34-37(32,33)36-12(28)4-2-1-3-11-13-9(6-38-11)25-20(31)26-13/h2,4,7-11,13,15-16,19,29-30H,1,3,5-6H2,(H,32,33)(H2,21,22,23)(H2,25,26,31)/b4-2+/t9-,10+,11-,13-,15+,16+,19+/m0/s1. The molecule has 2 aromatic heterocycles. The summed E-state index contributed by atoms with van der Waals surface area (Å²) < 4.78 is 28.6. The van der Waals surface area contributed by atoms with Crippen LogP contribution in [0.25, 0.3) is 11.2 Å². The van der Waals surface area contributed by atoms with Crippen molar-refractivity contribution in [3.8, 4) is 0 Å². The number of nitrogens with one attached hydrogen (secondary N) is 2. The van der Waals surface area contributed by atoms with E-state index in [2.05, 4.69) is 30.1 Å². The number of fused-ring (bicyclic) bond motifs is 2. The van der Waals surface area contributed by atoms with Crippen molar-refractivity contribution in [3.63, 3.8) is 0 Å². The van der Waals surface area contributed by atoms with Gasteiger partial charge in [0.15, 0.2) is 17.7 Å². The molecule has 5 rings (SSSR count). The van der Waals surface area contributed by atoms with Gasteiger partial charge in [0.05, 0.1) is 25.0 Å². The molecule has 0 radical (unpaired) electrons. The number of rotatable bonds is 9. The molecule has 3 saturated heterocycles. The van der Waals surface area contributed by atoms with E-state index in [1.807, 2.05) is 0 Å². The lowest BCUT2D eigenvalue weighted by Crippen LogP contribution is -2.36. The summed E-state index contributed by atoms with van der Waals surface area (Å²) in [5.74, 6) is -0.162. The van der Waals surface area contributed by atoms with E-state index in [4.69, 9.17) is 15.0 Å². The summed E-state index contributed by atoms with van der Waals surface area (Å²) in [6, 6.07) is -0.0580. The molecular formula is C20H26N7O9PS. The number of nitrogens with two attached hydrogens (primary N) is 1. The summed E-state index contributed by atoms with van der Waals surface area (Å²) in [6.07, 6.45) is 0.873. The summed E-state index contributed by atoms with van der Waals surface area (Å²) >= 11 is 1.73. The zero-order valence-corrected chi connectivity index (χ0v) is 21.4. The minimum atomic E-state index is -4.85. The van der Waals surface area contributed by atoms with Gasteiger partial charge in [-0.1, -0.05) is 6.08 Å². The highest BCUT2D eigenvalue weighted by Gasteiger charge is 2.46. The lowest BCUT2D eigenvalue weighted by atomic mass is 10.0. The lowest BCUT2D eigenvalue weighted by Gasteiger charge is -2.17. The van der Waals surface area contributed by atoms with Crippen LogP contribution in [0.3, 0.4) is 0 Å². The fraction of sp³-hybridized carbons (Fsp3) is 0.550. The lowest BCUT2D eigenvalue weighted by molar-refractivity contribution is -0.131. The van der Waals surface area contributed by atoms with Gasteiger partial charge in [0.2, 0.25) is 0 Å². The van der Waals surface area contributed by atoms with Crippen molar-refractivity contribution < 1.29 is 43.0 Å². The highest BCUT2D eigenvalue weighted by atomic mass is 32.2. The molecule has 2 amide bonds. The van der Waals surface area contributed by atoms with Gasteiger partial charge in [-0.3, -0.25) is 14.0 Å². The summed E-state index contributed by atoms with van der Waals surface area (Å²) in [5.41, 5.74) is 6.28. The number of carbonyl (C=O) groups excluding carboxylic acids is 2. The Bertz CT molecular complexity index is 1290. The highest BCUT2D eigenvalue weighted by Crippen LogP contribution is 2.45. The van der Waals surface area contributed by atoms with E-state index in [1.165, 1.54) is 23.3 Å². The van der Waals surface area contributed by atoms with Crippen LogP contribution in [-0.4, -0.2) is 94.6 Å². The van der Waals surface area contributed by atoms with Gasteiger partial charge in [-0.05, 0) is 12.8 Å². The quantitative estimate of drug-likeness (QED) is 0.123. The number of anilines is 1. The third kappa shape index (κ3) is 5.49. The first-order valence-electron chi connectivity index (χ1n) is 11.6. The molecule has 5 heterocycles. The number of carbonyl (C=O) groups is 2. The topological polar surface area (TPSA) is 233 Å². The second kappa shape index (κ2) is 10.8. The Morgan fingerprint density at radius 3 is 2.95 bits per heavy atom. The number of imidazole rings is 1. The zero-order chi connectivity index (χ0) is 27.0. The first kappa shape index (κ1) is 26.8. The maximum Gasteiger partial charge on any atom is 0.529 e. The van der Waals surface area contributed by atoms with Crippen LogP contribution >= 0.6 is 19.6 Å². The molecule has 7 N–H and O–H groups in total. The molecule has 0 bridgehead atoms. The Morgan fingerprint density at radius 1 is 1.32 bits per heavy atom. The van der Waals surface area contributed by atoms with E-state index in [0.717, 1.165) is 11.8 Å². The molecule has 0 spiro atoms. The number of aromatic nitrogens is 4. The number of nitrogens with zero attached hydrogens (tertiary/aromatic N) is 4. The Balaban J connectivity index is 1.09. The van der Waals surface area contributed by atoms with Crippen LogP contribution < -0.4 is 16.4 Å². The smallest absolute Gasteiger partial charge is 0.387 e. The monoisotopic (exact) mass is 571 g/mol. The van der Waals surface area contributed by atoms with Crippen molar-refractivity contribution in [3.05, 3.63) is 24.8 Å². The van der Waals surface area contributed by atoms with E-state index >= 15 is 0 Å². The minimum absolute atomic E-state index is 0.0316. The molecular weight excluding hydrogens is 545 g/mol. The molecule has 16 nitrogen and oxygen atoms in total. The molecule has 0 aromatic carbocycles. The molecule has 1 unspecified atom stereocenters. The van der Waals surface area contributed by atoms with Crippen molar-refractivity contribution in [2.75, 3.05) is 18.1 Å². The van der Waals surface area contributed by atoms with Crippen LogP contribution in [0.2, 0.25) is 0 Å². The summed E-state index contributed by atoms with van der Waals surface area (Å²) in [6.45, 7) is -0.662. The Labute approximate surface area is 219 Å². The molecule has 2 aromatic rings. The fourth-order valence-corrected chi connectivity index (χ4v) is 6.76. The van der Waals surface area contributed by atoms with Gasteiger partial charge in [0.25, 0.3) is 0 Å². The number of aliphatic hydroxyl groups excluding tert-OH is 2. The van der Waals surface area contributed by atoms with Gasteiger partial charge >= 0.3 is 19.8 Å². The molecule has 3 fully saturated rings. The van der Waals surface area contributed by atoms with Crippen molar-refractivity contribution in [1.29, 1.82) is 0 Å². The maximum atomic E-state index is 12.2. The number of aliphatic hydroxyl groups is 2. The number of amides is 2. The number of phosphoric ester groups is 1. The van der Waals surface area contributed by atoms with Crippen LogP contribution in [0.5, 0.6) is 0 Å². The van der Waals surface area contributed by atoms with Gasteiger partial charge in [0.1, 0.15) is 30.2 Å². The van der Waals surface area contributed by atoms with Crippen LogP contribution in [-0.2, 0) is 23.1 Å². The molecule has 3 aliphatic rings. The van der Waals surface area contributed by atoms with E-state index in [-0.39, 0.29) is 40.3 Å². The first-order chi connectivity index (χ1) is 18.1. The van der Waals surface area contributed by atoms with Gasteiger partial charge in [0, 0.05) is 17.1 Å². The number of nitrogen functional groups attached to an aromatic ring is 1. The SMILES string of the molecule is Nc1ncnc2c1ncn2[C@@H]1O[C@H](COP(=O)(O)OC(=O)/C=C/CC[C@@H]2SC[C@@H]3NC(=O)N[C@@H]32)[C@@H](O)[C@H]1O.